The number of aromatic nitrogens is 2. The second kappa shape index (κ2) is 6.77. The van der Waals surface area contributed by atoms with E-state index in [9.17, 15) is 8.42 Å². The van der Waals surface area contributed by atoms with Gasteiger partial charge in [-0.05, 0) is 43.2 Å². The SMILES string of the molecule is Cc1noc(-c2c(NS(=O)(=O)c3ccc(C#N)cc3)sc3c2CCOC3)n1. The van der Waals surface area contributed by atoms with E-state index < -0.39 is 10.0 Å². The number of anilines is 1. The molecular weight excluding hydrogens is 388 g/mol. The maximum atomic E-state index is 12.8. The highest BCUT2D eigenvalue weighted by molar-refractivity contribution is 7.93. The summed E-state index contributed by atoms with van der Waals surface area (Å²) < 4.78 is 39.0. The van der Waals surface area contributed by atoms with Crippen molar-refractivity contribution >= 4 is 26.4 Å². The molecule has 1 aliphatic heterocycles. The Hall–Kier alpha value is -2.74. The molecule has 1 aromatic carbocycles. The van der Waals surface area contributed by atoms with Crippen molar-refractivity contribution in [3.8, 4) is 17.5 Å². The molecule has 0 unspecified atom stereocenters. The number of aryl methyl sites for hydroxylation is 1. The largest absolute Gasteiger partial charge is 0.376 e. The van der Waals surface area contributed by atoms with Crippen molar-refractivity contribution < 1.29 is 17.7 Å². The average molecular weight is 402 g/mol. The number of nitrogens with one attached hydrogen (secondary N) is 1. The Morgan fingerprint density at radius 3 is 2.74 bits per heavy atom. The summed E-state index contributed by atoms with van der Waals surface area (Å²) in [6.07, 6.45) is 0.640. The van der Waals surface area contributed by atoms with Gasteiger partial charge >= 0.3 is 0 Å². The van der Waals surface area contributed by atoms with Crippen LogP contribution in [0.5, 0.6) is 0 Å². The predicted molar refractivity (Wildman–Crippen MR) is 97.7 cm³/mol. The fourth-order valence-corrected chi connectivity index (χ4v) is 5.30. The Balaban J connectivity index is 1.77. The van der Waals surface area contributed by atoms with Crippen LogP contribution in [0.2, 0.25) is 0 Å². The molecule has 27 heavy (non-hydrogen) atoms. The molecule has 0 bridgehead atoms. The minimum absolute atomic E-state index is 0.0665. The summed E-state index contributed by atoms with van der Waals surface area (Å²) in [6, 6.07) is 7.69. The van der Waals surface area contributed by atoms with Gasteiger partial charge < -0.3 is 9.26 Å². The van der Waals surface area contributed by atoms with Gasteiger partial charge in [-0.2, -0.15) is 10.2 Å². The van der Waals surface area contributed by atoms with Gasteiger partial charge in [-0.25, -0.2) is 8.42 Å². The van der Waals surface area contributed by atoms with Crippen LogP contribution in [0.4, 0.5) is 5.00 Å². The molecule has 4 rings (SSSR count). The zero-order chi connectivity index (χ0) is 19.0. The lowest BCUT2D eigenvalue weighted by molar-refractivity contribution is 0.113. The van der Waals surface area contributed by atoms with Gasteiger partial charge in [-0.15, -0.1) is 11.3 Å². The molecule has 1 aliphatic rings. The molecule has 0 fully saturated rings. The van der Waals surface area contributed by atoms with E-state index in [1.807, 2.05) is 6.07 Å². The summed E-state index contributed by atoms with van der Waals surface area (Å²) in [5.41, 5.74) is 1.96. The standard InChI is InChI=1S/C17H14N4O4S2/c1-10-19-16(25-20-10)15-13-6-7-24-9-14(13)26-17(15)21-27(22,23)12-4-2-11(8-18)3-5-12/h2-5,21H,6-7,9H2,1H3. The van der Waals surface area contributed by atoms with E-state index in [1.54, 1.807) is 6.92 Å². The Morgan fingerprint density at radius 1 is 1.30 bits per heavy atom. The quantitative estimate of drug-likeness (QED) is 0.713. The van der Waals surface area contributed by atoms with Crippen molar-refractivity contribution in [1.82, 2.24) is 10.1 Å². The lowest BCUT2D eigenvalue weighted by Gasteiger charge is -2.12. The van der Waals surface area contributed by atoms with Crippen molar-refractivity contribution in [1.29, 1.82) is 5.26 Å². The van der Waals surface area contributed by atoms with E-state index in [0.29, 0.717) is 41.6 Å². The molecule has 8 nitrogen and oxygen atoms in total. The third-order valence-electron chi connectivity index (χ3n) is 4.08. The van der Waals surface area contributed by atoms with Gasteiger partial charge in [0.15, 0.2) is 5.82 Å². The zero-order valence-electron chi connectivity index (χ0n) is 14.2. The molecule has 138 valence electrons. The van der Waals surface area contributed by atoms with Crippen molar-refractivity contribution in [2.24, 2.45) is 0 Å². The Labute approximate surface area is 159 Å². The van der Waals surface area contributed by atoms with Crippen LogP contribution in [0, 0.1) is 18.3 Å². The number of nitriles is 1. The number of thiophene rings is 1. The molecule has 0 saturated carbocycles. The Kier molecular flexibility index (Phi) is 4.43. The highest BCUT2D eigenvalue weighted by atomic mass is 32.2. The average Bonchev–Trinajstić information content (AvgIpc) is 3.24. The van der Waals surface area contributed by atoms with E-state index in [0.717, 1.165) is 10.4 Å². The number of sulfonamides is 1. The lowest BCUT2D eigenvalue weighted by atomic mass is 10.1. The number of rotatable bonds is 4. The summed E-state index contributed by atoms with van der Waals surface area (Å²) in [4.78, 5) is 5.27. The first kappa shape index (κ1) is 17.7. The summed E-state index contributed by atoms with van der Waals surface area (Å²) in [6.45, 7) is 2.67. The monoisotopic (exact) mass is 402 g/mol. The third kappa shape index (κ3) is 3.32. The minimum Gasteiger partial charge on any atom is -0.376 e. The van der Waals surface area contributed by atoms with Gasteiger partial charge in [0.1, 0.15) is 5.00 Å². The first-order valence-corrected chi connectivity index (χ1v) is 10.3. The number of hydrogen-bond acceptors (Lipinski definition) is 8. The van der Waals surface area contributed by atoms with Crippen LogP contribution in [-0.4, -0.2) is 25.2 Å². The summed E-state index contributed by atoms with van der Waals surface area (Å²) >= 11 is 1.30. The van der Waals surface area contributed by atoms with E-state index >= 15 is 0 Å². The maximum absolute atomic E-state index is 12.8. The molecular formula is C17H14N4O4S2. The van der Waals surface area contributed by atoms with Crippen LogP contribution >= 0.6 is 11.3 Å². The number of ether oxygens (including phenoxy) is 1. The zero-order valence-corrected chi connectivity index (χ0v) is 15.9. The van der Waals surface area contributed by atoms with E-state index in [1.165, 1.54) is 35.6 Å². The van der Waals surface area contributed by atoms with Gasteiger partial charge in [-0.1, -0.05) is 5.16 Å². The molecule has 10 heteroatoms. The molecule has 0 aliphatic carbocycles. The summed E-state index contributed by atoms with van der Waals surface area (Å²) in [5, 5.41) is 13.1. The van der Waals surface area contributed by atoms with E-state index in [2.05, 4.69) is 14.9 Å². The van der Waals surface area contributed by atoms with Gasteiger partial charge in [0.2, 0.25) is 0 Å². The Morgan fingerprint density at radius 2 is 2.07 bits per heavy atom. The van der Waals surface area contributed by atoms with Crippen LogP contribution in [-0.2, 0) is 27.8 Å². The first-order chi connectivity index (χ1) is 13.0. The highest BCUT2D eigenvalue weighted by Crippen LogP contribution is 2.43. The first-order valence-electron chi connectivity index (χ1n) is 8.04. The molecule has 0 amide bonds. The molecule has 0 saturated heterocycles. The van der Waals surface area contributed by atoms with Gasteiger partial charge in [0.05, 0.1) is 35.3 Å². The second-order valence-corrected chi connectivity index (χ2v) is 8.69. The molecule has 0 atom stereocenters. The van der Waals surface area contributed by atoms with Crippen LogP contribution in [0.1, 0.15) is 21.8 Å². The number of hydrogen-bond donors (Lipinski definition) is 1. The highest BCUT2D eigenvalue weighted by Gasteiger charge is 2.28. The normalized spacial score (nSPS) is 13.8. The van der Waals surface area contributed by atoms with Crippen LogP contribution in [0.25, 0.3) is 11.5 Å². The topological polar surface area (TPSA) is 118 Å². The fraction of sp³-hybridized carbons (Fsp3) is 0.235. The molecule has 3 heterocycles. The molecule has 2 aromatic heterocycles. The van der Waals surface area contributed by atoms with Crippen LogP contribution < -0.4 is 4.72 Å². The van der Waals surface area contributed by atoms with E-state index in [4.69, 9.17) is 14.5 Å². The van der Waals surface area contributed by atoms with Crippen LogP contribution in [0.15, 0.2) is 33.7 Å². The minimum atomic E-state index is -3.84. The molecule has 3 aromatic rings. The summed E-state index contributed by atoms with van der Waals surface area (Å²) in [5.74, 6) is 0.752. The Bertz CT molecular complexity index is 1140. The van der Waals surface area contributed by atoms with Crippen LogP contribution in [0.3, 0.4) is 0 Å². The molecule has 1 N–H and O–H groups in total. The fourth-order valence-electron chi connectivity index (χ4n) is 2.82. The van der Waals surface area contributed by atoms with Gasteiger partial charge in [-0.3, -0.25) is 4.72 Å². The number of benzene rings is 1. The van der Waals surface area contributed by atoms with Gasteiger partial charge in [0, 0.05) is 4.88 Å². The smallest absolute Gasteiger partial charge is 0.262 e. The molecule has 0 radical (unpaired) electrons. The lowest BCUT2D eigenvalue weighted by Crippen LogP contribution is -2.13. The summed E-state index contributed by atoms with van der Waals surface area (Å²) in [7, 11) is -3.84. The predicted octanol–water partition coefficient (Wildman–Crippen LogP) is 2.85. The van der Waals surface area contributed by atoms with Crippen molar-refractivity contribution in [3.05, 3.63) is 46.1 Å². The maximum Gasteiger partial charge on any atom is 0.262 e. The van der Waals surface area contributed by atoms with E-state index in [-0.39, 0.29) is 10.8 Å². The van der Waals surface area contributed by atoms with Gasteiger partial charge in [0.25, 0.3) is 15.9 Å². The van der Waals surface area contributed by atoms with Crippen molar-refractivity contribution in [2.45, 2.75) is 24.8 Å². The van der Waals surface area contributed by atoms with Crippen molar-refractivity contribution in [2.75, 3.05) is 11.3 Å². The second-order valence-electron chi connectivity index (χ2n) is 5.90. The number of fused-ring (bicyclic) bond motifs is 1. The van der Waals surface area contributed by atoms with Crippen molar-refractivity contribution in [3.63, 3.8) is 0 Å². The number of nitrogens with zero attached hydrogens (tertiary/aromatic N) is 3. The molecule has 0 spiro atoms. The third-order valence-corrected chi connectivity index (χ3v) is 6.70.